The van der Waals surface area contributed by atoms with Crippen molar-refractivity contribution >= 4 is 12.2 Å². The molecule has 0 unspecified atom stereocenters. The number of aliphatic hydroxyl groups excluding tert-OH is 1. The van der Waals surface area contributed by atoms with Crippen LogP contribution in [0.25, 0.3) is 11.3 Å². The summed E-state index contributed by atoms with van der Waals surface area (Å²) < 4.78 is 8.23. The van der Waals surface area contributed by atoms with E-state index in [9.17, 15) is 4.79 Å². The lowest BCUT2D eigenvalue weighted by Crippen LogP contribution is -2.15. The van der Waals surface area contributed by atoms with Crippen LogP contribution in [0.3, 0.4) is 0 Å². The number of unbranched alkanes of at least 4 members (excludes halogenated alkanes) is 4. The van der Waals surface area contributed by atoms with Crippen LogP contribution in [0.4, 0.5) is 0 Å². The van der Waals surface area contributed by atoms with Crippen molar-refractivity contribution in [3.05, 3.63) is 45.5 Å². The first-order valence-electron chi connectivity index (χ1n) is 9.34. The number of benzene rings is 1. The van der Waals surface area contributed by atoms with Gasteiger partial charge >= 0.3 is 0 Å². The minimum absolute atomic E-state index is 0.0846. The molecule has 0 amide bonds. The van der Waals surface area contributed by atoms with Crippen molar-refractivity contribution < 1.29 is 9.84 Å². The fourth-order valence-corrected chi connectivity index (χ4v) is 3.18. The number of H-pyrrole nitrogens is 1. The molecule has 0 saturated heterocycles. The van der Waals surface area contributed by atoms with Crippen molar-refractivity contribution in [1.29, 1.82) is 0 Å². The molecule has 0 aliphatic heterocycles. The Morgan fingerprint density at radius 3 is 2.69 bits per heavy atom. The van der Waals surface area contributed by atoms with Crippen LogP contribution >= 0.6 is 12.2 Å². The molecule has 2 N–H and O–H groups in total. The quantitative estimate of drug-likeness (QED) is 0.453. The van der Waals surface area contributed by atoms with E-state index in [1.807, 2.05) is 28.8 Å². The molecule has 26 heavy (non-hydrogen) atoms. The molecule has 0 atom stereocenters. The summed E-state index contributed by atoms with van der Waals surface area (Å²) in [5, 5.41) is 8.96. The third-order valence-electron chi connectivity index (χ3n) is 4.24. The van der Waals surface area contributed by atoms with Crippen LogP contribution < -0.4 is 10.3 Å². The molecule has 0 aliphatic rings. The van der Waals surface area contributed by atoms with Gasteiger partial charge < -0.3 is 14.4 Å². The molecule has 0 spiro atoms. The van der Waals surface area contributed by atoms with Gasteiger partial charge in [0.2, 0.25) is 0 Å². The SMILES string of the molecule is CCCCCCCn1c(-c2ccccc2OCCCO)cc(=O)[nH]c1=S. The molecule has 0 fully saturated rings. The Morgan fingerprint density at radius 2 is 1.92 bits per heavy atom. The summed E-state index contributed by atoms with van der Waals surface area (Å²) in [6.07, 6.45) is 6.38. The topological polar surface area (TPSA) is 67.2 Å². The average molecular weight is 377 g/mol. The number of aliphatic hydroxyl groups is 1. The number of aromatic amines is 1. The third-order valence-corrected chi connectivity index (χ3v) is 4.56. The van der Waals surface area contributed by atoms with Crippen molar-refractivity contribution in [1.82, 2.24) is 9.55 Å². The van der Waals surface area contributed by atoms with Crippen molar-refractivity contribution in [3.63, 3.8) is 0 Å². The standard InChI is InChI=1S/C20H28N2O3S/c1-2-3-4-5-8-12-22-17(15-19(24)21-20(22)26)16-10-6-7-11-18(16)25-14-9-13-23/h6-7,10-11,15,23H,2-5,8-9,12-14H2,1H3,(H,21,24,26). The van der Waals surface area contributed by atoms with E-state index in [1.165, 1.54) is 19.3 Å². The minimum atomic E-state index is -0.211. The van der Waals surface area contributed by atoms with E-state index in [4.69, 9.17) is 22.1 Å². The zero-order valence-electron chi connectivity index (χ0n) is 15.4. The summed E-state index contributed by atoms with van der Waals surface area (Å²) in [6, 6.07) is 9.21. The van der Waals surface area contributed by atoms with Crippen LogP contribution in [0, 0.1) is 4.77 Å². The average Bonchev–Trinajstić information content (AvgIpc) is 2.63. The molecule has 142 valence electrons. The summed E-state index contributed by atoms with van der Waals surface area (Å²) in [4.78, 5) is 14.7. The normalized spacial score (nSPS) is 10.8. The highest BCUT2D eigenvalue weighted by Gasteiger charge is 2.12. The number of hydrogen-bond acceptors (Lipinski definition) is 4. The van der Waals surface area contributed by atoms with Gasteiger partial charge in [0.25, 0.3) is 5.56 Å². The zero-order chi connectivity index (χ0) is 18.8. The summed E-state index contributed by atoms with van der Waals surface area (Å²) in [6.45, 7) is 3.47. The lowest BCUT2D eigenvalue weighted by molar-refractivity contribution is 0.234. The molecule has 2 aromatic rings. The van der Waals surface area contributed by atoms with E-state index in [-0.39, 0.29) is 12.2 Å². The van der Waals surface area contributed by atoms with E-state index in [0.717, 1.165) is 30.6 Å². The maximum atomic E-state index is 12.0. The van der Waals surface area contributed by atoms with Gasteiger partial charge in [0, 0.05) is 31.2 Å². The second-order valence-corrected chi connectivity index (χ2v) is 6.70. The van der Waals surface area contributed by atoms with E-state index >= 15 is 0 Å². The van der Waals surface area contributed by atoms with Gasteiger partial charge in [-0.05, 0) is 30.8 Å². The Morgan fingerprint density at radius 1 is 1.15 bits per heavy atom. The molecular formula is C20H28N2O3S. The van der Waals surface area contributed by atoms with Crippen molar-refractivity contribution in [3.8, 4) is 17.0 Å². The Kier molecular flexibility index (Phi) is 8.58. The minimum Gasteiger partial charge on any atom is -0.493 e. The third kappa shape index (κ3) is 5.81. The van der Waals surface area contributed by atoms with Gasteiger partial charge in [0.05, 0.1) is 12.3 Å². The first-order chi connectivity index (χ1) is 12.7. The van der Waals surface area contributed by atoms with Gasteiger partial charge in [0.1, 0.15) is 5.75 Å². The highest BCUT2D eigenvalue weighted by Crippen LogP contribution is 2.29. The summed E-state index contributed by atoms with van der Waals surface area (Å²) in [7, 11) is 0. The molecular weight excluding hydrogens is 348 g/mol. The fraction of sp³-hybridized carbons (Fsp3) is 0.500. The van der Waals surface area contributed by atoms with Gasteiger partial charge in [-0.1, -0.05) is 44.7 Å². The van der Waals surface area contributed by atoms with Crippen LogP contribution in [0.1, 0.15) is 45.4 Å². The van der Waals surface area contributed by atoms with Crippen LogP contribution in [0.2, 0.25) is 0 Å². The van der Waals surface area contributed by atoms with Gasteiger partial charge in [-0.15, -0.1) is 0 Å². The van der Waals surface area contributed by atoms with Gasteiger partial charge in [0.15, 0.2) is 4.77 Å². The largest absolute Gasteiger partial charge is 0.493 e. The molecule has 5 nitrogen and oxygen atoms in total. The fourth-order valence-electron chi connectivity index (χ4n) is 2.89. The molecule has 1 heterocycles. The van der Waals surface area contributed by atoms with Gasteiger partial charge in [-0.2, -0.15) is 0 Å². The number of hydrogen-bond donors (Lipinski definition) is 2. The van der Waals surface area contributed by atoms with Crippen LogP contribution in [-0.4, -0.2) is 27.9 Å². The maximum absolute atomic E-state index is 12.0. The predicted molar refractivity (Wildman–Crippen MR) is 107 cm³/mol. The first kappa shape index (κ1) is 20.4. The van der Waals surface area contributed by atoms with E-state index in [0.29, 0.717) is 23.5 Å². The molecule has 6 heteroatoms. The highest BCUT2D eigenvalue weighted by atomic mass is 32.1. The molecule has 0 bridgehead atoms. The van der Waals surface area contributed by atoms with Crippen molar-refractivity contribution in [2.45, 2.75) is 52.0 Å². The highest BCUT2D eigenvalue weighted by molar-refractivity contribution is 7.71. The van der Waals surface area contributed by atoms with Gasteiger partial charge in [-0.3, -0.25) is 9.78 Å². The van der Waals surface area contributed by atoms with Gasteiger partial charge in [-0.25, -0.2) is 0 Å². The zero-order valence-corrected chi connectivity index (χ0v) is 16.2. The Hall–Kier alpha value is -1.92. The summed E-state index contributed by atoms with van der Waals surface area (Å²) >= 11 is 5.41. The number of nitrogens with one attached hydrogen (secondary N) is 1. The van der Waals surface area contributed by atoms with E-state index in [2.05, 4.69) is 11.9 Å². The Labute approximate surface area is 159 Å². The van der Waals surface area contributed by atoms with Crippen LogP contribution in [-0.2, 0) is 6.54 Å². The molecule has 2 rings (SSSR count). The van der Waals surface area contributed by atoms with Crippen molar-refractivity contribution in [2.24, 2.45) is 0 Å². The molecule has 0 aliphatic carbocycles. The summed E-state index contributed by atoms with van der Waals surface area (Å²) in [5.74, 6) is 0.695. The second kappa shape index (κ2) is 10.9. The van der Waals surface area contributed by atoms with E-state index in [1.54, 1.807) is 6.07 Å². The molecule has 0 saturated carbocycles. The Bertz CT molecular complexity index is 798. The maximum Gasteiger partial charge on any atom is 0.252 e. The molecule has 0 radical (unpaired) electrons. The van der Waals surface area contributed by atoms with Crippen LogP contribution in [0.5, 0.6) is 5.75 Å². The lowest BCUT2D eigenvalue weighted by Gasteiger charge is -2.17. The predicted octanol–water partition coefficient (Wildman–Crippen LogP) is 4.30. The number of ether oxygens (including phenoxy) is 1. The van der Waals surface area contributed by atoms with Crippen LogP contribution in [0.15, 0.2) is 35.1 Å². The smallest absolute Gasteiger partial charge is 0.252 e. The first-order valence-corrected chi connectivity index (χ1v) is 9.75. The van der Waals surface area contributed by atoms with E-state index < -0.39 is 0 Å². The lowest BCUT2D eigenvalue weighted by atomic mass is 10.1. The summed E-state index contributed by atoms with van der Waals surface area (Å²) in [5.41, 5.74) is 1.41. The monoisotopic (exact) mass is 376 g/mol. The number of aromatic nitrogens is 2. The van der Waals surface area contributed by atoms with Crippen molar-refractivity contribution in [2.75, 3.05) is 13.2 Å². The second-order valence-electron chi connectivity index (χ2n) is 6.31. The molecule has 1 aromatic carbocycles. The molecule has 1 aromatic heterocycles. The number of para-hydroxylation sites is 1. The Balaban J connectivity index is 2.30. The number of rotatable bonds is 11. The number of nitrogens with zero attached hydrogens (tertiary/aromatic N) is 1.